The number of ether oxygens (including phenoxy) is 1. The molecule has 0 unspecified atom stereocenters. The third kappa shape index (κ3) is 3.94. The minimum atomic E-state index is 0.465. The second-order valence-electron chi connectivity index (χ2n) is 3.19. The molecule has 5 nitrogen and oxygen atoms in total. The van der Waals surface area contributed by atoms with Crippen molar-refractivity contribution in [1.82, 2.24) is 0 Å². The van der Waals surface area contributed by atoms with Crippen molar-refractivity contribution in [3.05, 3.63) is 40.3 Å². The molecule has 0 aliphatic heterocycles. The Balaban J connectivity index is 2.65. The smallest absolute Gasteiger partial charge is 0.121 e. The number of nitrogens with two attached hydrogens (primary N) is 1. The van der Waals surface area contributed by atoms with E-state index < -0.39 is 0 Å². The third-order valence-corrected chi connectivity index (χ3v) is 1.96. The highest BCUT2D eigenvalue weighted by Crippen LogP contribution is 2.19. The van der Waals surface area contributed by atoms with Crippen molar-refractivity contribution in [2.45, 2.75) is 6.42 Å². The predicted molar refractivity (Wildman–Crippen MR) is 65.1 cm³/mol. The lowest BCUT2D eigenvalue weighted by Gasteiger charge is -2.03. The van der Waals surface area contributed by atoms with E-state index in [1.54, 1.807) is 13.2 Å². The first-order chi connectivity index (χ1) is 7.76. The van der Waals surface area contributed by atoms with Gasteiger partial charge in [0, 0.05) is 23.2 Å². The zero-order valence-electron chi connectivity index (χ0n) is 9.13. The second-order valence-corrected chi connectivity index (χ2v) is 3.19. The van der Waals surface area contributed by atoms with Gasteiger partial charge in [0.2, 0.25) is 0 Å². The first-order valence-corrected chi connectivity index (χ1v) is 4.88. The fourth-order valence-electron chi connectivity index (χ4n) is 1.26. The Labute approximate surface area is 94.2 Å². The first-order valence-electron chi connectivity index (χ1n) is 4.88. The molecule has 2 N–H and O–H groups in total. The molecule has 1 aromatic carbocycles. The summed E-state index contributed by atoms with van der Waals surface area (Å²) in [6, 6.07) is 5.50. The molecule has 0 aliphatic carbocycles. The molecule has 0 fully saturated rings. The highest BCUT2D eigenvalue weighted by molar-refractivity contribution is 5.59. The van der Waals surface area contributed by atoms with Gasteiger partial charge in [-0.2, -0.15) is 0 Å². The number of hydrogen-bond acceptors (Lipinski definition) is 3. The minimum Gasteiger partial charge on any atom is -0.497 e. The molecule has 0 aliphatic rings. The summed E-state index contributed by atoms with van der Waals surface area (Å²) in [5.41, 5.74) is 15.4. The molecule has 0 saturated carbocycles. The summed E-state index contributed by atoms with van der Waals surface area (Å²) in [5, 5.41) is 3.43. The van der Waals surface area contributed by atoms with Gasteiger partial charge in [0.25, 0.3) is 0 Å². The molecule has 5 heteroatoms. The molecule has 0 heterocycles. The summed E-state index contributed by atoms with van der Waals surface area (Å²) in [6.45, 7) is 0.465. The largest absolute Gasteiger partial charge is 0.497 e. The van der Waals surface area contributed by atoms with Crippen LogP contribution in [0.1, 0.15) is 12.0 Å². The van der Waals surface area contributed by atoms with Gasteiger partial charge < -0.3 is 10.5 Å². The second kappa shape index (κ2) is 6.37. The molecule has 16 heavy (non-hydrogen) atoms. The van der Waals surface area contributed by atoms with Crippen molar-refractivity contribution in [2.24, 2.45) is 5.11 Å². The summed E-state index contributed by atoms with van der Waals surface area (Å²) in [4.78, 5) is 2.67. The maximum Gasteiger partial charge on any atom is 0.121 e. The molecule has 1 aromatic rings. The average Bonchev–Trinajstić information content (AvgIpc) is 2.28. The number of anilines is 1. The number of rotatable bonds is 5. The molecule has 0 bridgehead atoms. The van der Waals surface area contributed by atoms with Crippen molar-refractivity contribution >= 4 is 11.8 Å². The molecule has 0 atom stereocenters. The summed E-state index contributed by atoms with van der Waals surface area (Å²) in [7, 11) is 1.60. The van der Waals surface area contributed by atoms with Gasteiger partial charge in [0.1, 0.15) is 5.75 Å². The quantitative estimate of drug-likeness (QED) is 0.271. The van der Waals surface area contributed by atoms with Crippen LogP contribution in [0.2, 0.25) is 0 Å². The highest BCUT2D eigenvalue weighted by atomic mass is 16.5. The number of nitrogens with zero attached hydrogens (tertiary/aromatic N) is 3. The van der Waals surface area contributed by atoms with E-state index in [0.717, 1.165) is 11.3 Å². The third-order valence-electron chi connectivity index (χ3n) is 1.96. The van der Waals surface area contributed by atoms with E-state index >= 15 is 0 Å². The lowest BCUT2D eigenvalue weighted by Crippen LogP contribution is -1.89. The van der Waals surface area contributed by atoms with Gasteiger partial charge in [0.05, 0.1) is 7.11 Å². The van der Waals surface area contributed by atoms with E-state index in [4.69, 9.17) is 16.0 Å². The Kier molecular flexibility index (Phi) is 4.76. The monoisotopic (exact) mass is 218 g/mol. The Morgan fingerprint density at radius 1 is 1.50 bits per heavy atom. The van der Waals surface area contributed by atoms with Gasteiger partial charge in [-0.1, -0.05) is 17.3 Å². The van der Waals surface area contributed by atoms with Crippen molar-refractivity contribution < 1.29 is 4.74 Å². The zero-order chi connectivity index (χ0) is 11.8. The van der Waals surface area contributed by atoms with Crippen LogP contribution in [0.3, 0.4) is 0 Å². The molecule has 84 valence electrons. The number of benzene rings is 1. The SMILES string of the molecule is COc1cc(N)cc(C=CCCN=[N+]=[N-])c1. The van der Waals surface area contributed by atoms with Gasteiger partial charge in [-0.25, -0.2) is 0 Å². The number of hydrogen-bond donors (Lipinski definition) is 1. The van der Waals surface area contributed by atoms with E-state index in [1.165, 1.54) is 0 Å². The maximum atomic E-state index is 8.09. The van der Waals surface area contributed by atoms with E-state index in [-0.39, 0.29) is 0 Å². The van der Waals surface area contributed by atoms with Crippen LogP contribution in [-0.2, 0) is 0 Å². The molecule has 0 amide bonds. The van der Waals surface area contributed by atoms with Crippen LogP contribution >= 0.6 is 0 Å². The summed E-state index contributed by atoms with van der Waals surface area (Å²) >= 11 is 0. The highest BCUT2D eigenvalue weighted by Gasteiger charge is 1.95. The van der Waals surface area contributed by atoms with Crippen LogP contribution in [0.4, 0.5) is 5.69 Å². The van der Waals surface area contributed by atoms with Crippen LogP contribution in [0.25, 0.3) is 16.5 Å². The van der Waals surface area contributed by atoms with Crippen molar-refractivity contribution in [3.63, 3.8) is 0 Å². The standard InChI is InChI=1S/C11H14N4O/c1-16-11-7-9(6-10(12)8-11)4-2-3-5-14-15-13/h2,4,6-8H,3,5,12H2,1H3. The lowest BCUT2D eigenvalue weighted by atomic mass is 10.1. The van der Waals surface area contributed by atoms with Gasteiger partial charge in [-0.15, -0.1) is 0 Å². The number of nitrogen functional groups attached to an aromatic ring is 1. The Hall–Kier alpha value is -2.13. The van der Waals surface area contributed by atoms with Gasteiger partial charge in [0.15, 0.2) is 0 Å². The van der Waals surface area contributed by atoms with E-state index in [0.29, 0.717) is 18.7 Å². The van der Waals surface area contributed by atoms with E-state index in [9.17, 15) is 0 Å². The van der Waals surface area contributed by atoms with Crippen LogP contribution in [0.5, 0.6) is 5.75 Å². The Morgan fingerprint density at radius 2 is 2.31 bits per heavy atom. The number of azide groups is 1. The first kappa shape index (κ1) is 11.9. The summed E-state index contributed by atoms with van der Waals surface area (Å²) < 4.78 is 5.10. The molecule has 0 radical (unpaired) electrons. The van der Waals surface area contributed by atoms with E-state index in [1.807, 2.05) is 24.3 Å². The fourth-order valence-corrected chi connectivity index (χ4v) is 1.26. The predicted octanol–water partition coefficient (Wildman–Crippen LogP) is 2.99. The lowest BCUT2D eigenvalue weighted by molar-refractivity contribution is 0.415. The normalized spacial score (nSPS) is 10.1. The molecule has 0 saturated heterocycles. The Morgan fingerprint density at radius 3 is 3.00 bits per heavy atom. The molecule has 0 spiro atoms. The van der Waals surface area contributed by atoms with E-state index in [2.05, 4.69) is 10.0 Å². The Bertz CT molecular complexity index is 422. The zero-order valence-corrected chi connectivity index (χ0v) is 9.13. The molecule has 1 rings (SSSR count). The van der Waals surface area contributed by atoms with Gasteiger partial charge in [-0.3, -0.25) is 0 Å². The minimum absolute atomic E-state index is 0.465. The molecular weight excluding hydrogens is 204 g/mol. The number of methoxy groups -OCH3 is 1. The molecule has 0 aromatic heterocycles. The topological polar surface area (TPSA) is 84.0 Å². The average molecular weight is 218 g/mol. The summed E-state index contributed by atoms with van der Waals surface area (Å²) in [6.07, 6.45) is 4.57. The molecular formula is C11H14N4O. The van der Waals surface area contributed by atoms with Crippen molar-refractivity contribution in [2.75, 3.05) is 19.4 Å². The van der Waals surface area contributed by atoms with Crippen LogP contribution < -0.4 is 10.5 Å². The summed E-state index contributed by atoms with van der Waals surface area (Å²) in [5.74, 6) is 0.731. The van der Waals surface area contributed by atoms with Crippen LogP contribution in [-0.4, -0.2) is 13.7 Å². The van der Waals surface area contributed by atoms with Crippen molar-refractivity contribution in [1.29, 1.82) is 0 Å². The van der Waals surface area contributed by atoms with Gasteiger partial charge in [-0.05, 0) is 29.6 Å². The van der Waals surface area contributed by atoms with Crippen molar-refractivity contribution in [3.8, 4) is 5.75 Å². The van der Waals surface area contributed by atoms with Crippen LogP contribution in [0, 0.1) is 0 Å². The fraction of sp³-hybridized carbons (Fsp3) is 0.273. The van der Waals surface area contributed by atoms with Gasteiger partial charge >= 0.3 is 0 Å². The van der Waals surface area contributed by atoms with Crippen LogP contribution in [0.15, 0.2) is 29.4 Å². The maximum absolute atomic E-state index is 8.09.